The van der Waals surface area contributed by atoms with E-state index in [1.165, 1.54) is 0 Å². The molecular formula is C19H22BrCl2NO3. The summed E-state index contributed by atoms with van der Waals surface area (Å²) in [6.07, 6.45) is -0.396. The van der Waals surface area contributed by atoms with Crippen molar-refractivity contribution in [1.82, 2.24) is 5.32 Å². The number of benzene rings is 2. The summed E-state index contributed by atoms with van der Waals surface area (Å²) >= 11 is 15.7. The predicted molar refractivity (Wildman–Crippen MR) is 109 cm³/mol. The summed E-state index contributed by atoms with van der Waals surface area (Å²) in [4.78, 5) is 0. The van der Waals surface area contributed by atoms with Crippen molar-refractivity contribution < 1.29 is 14.6 Å². The van der Waals surface area contributed by atoms with E-state index in [1.54, 1.807) is 19.1 Å². The third-order valence-electron chi connectivity index (χ3n) is 3.57. The third kappa shape index (κ3) is 6.32. The van der Waals surface area contributed by atoms with E-state index in [0.29, 0.717) is 47.8 Å². The van der Waals surface area contributed by atoms with Crippen molar-refractivity contribution in [3.05, 3.63) is 56.0 Å². The van der Waals surface area contributed by atoms with Gasteiger partial charge in [-0.1, -0.05) is 45.2 Å². The lowest BCUT2D eigenvalue weighted by Gasteiger charge is -2.16. The van der Waals surface area contributed by atoms with Gasteiger partial charge < -0.3 is 19.9 Å². The zero-order chi connectivity index (χ0) is 19.1. The molecule has 26 heavy (non-hydrogen) atoms. The zero-order valence-corrected chi connectivity index (χ0v) is 17.8. The lowest BCUT2D eigenvalue weighted by Crippen LogP contribution is -2.24. The van der Waals surface area contributed by atoms with Gasteiger partial charge in [-0.2, -0.15) is 0 Å². The summed E-state index contributed by atoms with van der Waals surface area (Å²) in [7, 11) is 0. The minimum absolute atomic E-state index is 0.308. The summed E-state index contributed by atoms with van der Waals surface area (Å²) in [6, 6.07) is 9.13. The molecule has 0 fully saturated rings. The maximum absolute atomic E-state index is 9.36. The van der Waals surface area contributed by atoms with Gasteiger partial charge in [0.25, 0.3) is 0 Å². The third-order valence-corrected chi connectivity index (χ3v) is 4.89. The topological polar surface area (TPSA) is 50.7 Å². The van der Waals surface area contributed by atoms with Crippen LogP contribution in [0.4, 0.5) is 0 Å². The Morgan fingerprint density at radius 3 is 2.50 bits per heavy atom. The molecule has 0 saturated carbocycles. The molecule has 0 aliphatic rings. The van der Waals surface area contributed by atoms with Crippen molar-refractivity contribution in [1.29, 1.82) is 0 Å². The molecule has 1 atom stereocenters. The van der Waals surface area contributed by atoms with E-state index in [4.69, 9.17) is 32.7 Å². The summed E-state index contributed by atoms with van der Waals surface area (Å²) < 4.78 is 12.6. The summed E-state index contributed by atoms with van der Waals surface area (Å²) in [5, 5.41) is 13.7. The molecule has 1 unspecified atom stereocenters. The Balaban J connectivity index is 2.14. The fourth-order valence-electron chi connectivity index (χ4n) is 2.30. The molecule has 2 rings (SSSR count). The molecule has 0 spiro atoms. The van der Waals surface area contributed by atoms with Gasteiger partial charge >= 0.3 is 0 Å². The molecule has 2 N–H and O–H groups in total. The summed E-state index contributed by atoms with van der Waals surface area (Å²) in [5.74, 6) is 1.29. The van der Waals surface area contributed by atoms with Gasteiger partial charge in [-0.25, -0.2) is 0 Å². The first-order valence-electron chi connectivity index (χ1n) is 8.31. The average Bonchev–Trinajstić information content (AvgIpc) is 2.57. The molecule has 0 aromatic heterocycles. The first-order chi connectivity index (χ1) is 12.4. The van der Waals surface area contributed by atoms with Gasteiger partial charge in [0.05, 0.1) is 12.7 Å². The lowest BCUT2D eigenvalue weighted by atomic mass is 10.2. The van der Waals surface area contributed by atoms with Crippen LogP contribution in [-0.2, 0) is 13.2 Å². The van der Waals surface area contributed by atoms with Crippen molar-refractivity contribution in [2.45, 2.75) is 33.1 Å². The second-order valence-corrected chi connectivity index (χ2v) is 7.53. The molecule has 0 radical (unpaired) electrons. The molecule has 2 aromatic rings. The van der Waals surface area contributed by atoms with E-state index in [2.05, 4.69) is 21.2 Å². The fraction of sp³-hybridized carbons (Fsp3) is 0.368. The molecule has 0 heterocycles. The Morgan fingerprint density at radius 1 is 1.12 bits per heavy atom. The Morgan fingerprint density at radius 2 is 1.85 bits per heavy atom. The van der Waals surface area contributed by atoms with Gasteiger partial charge in [0, 0.05) is 33.2 Å². The number of ether oxygens (including phenoxy) is 2. The molecule has 7 heteroatoms. The maximum Gasteiger partial charge on any atom is 0.162 e. The molecule has 0 aliphatic heterocycles. The molecule has 2 aromatic carbocycles. The van der Waals surface area contributed by atoms with Crippen LogP contribution in [0.15, 0.2) is 34.8 Å². The van der Waals surface area contributed by atoms with Crippen LogP contribution in [0, 0.1) is 0 Å². The van der Waals surface area contributed by atoms with Crippen molar-refractivity contribution in [3.8, 4) is 11.5 Å². The number of aliphatic hydroxyl groups excluding tert-OH is 1. The SMILES string of the molecule is CCOc1cc(CNCC(C)O)c(Br)cc1OCc1ccc(Cl)cc1Cl. The Hall–Kier alpha value is -0.980. The van der Waals surface area contributed by atoms with Crippen LogP contribution >= 0.6 is 39.1 Å². The largest absolute Gasteiger partial charge is 0.490 e. The number of hydrogen-bond acceptors (Lipinski definition) is 4. The van der Waals surface area contributed by atoms with Crippen LogP contribution in [-0.4, -0.2) is 24.4 Å². The molecule has 0 amide bonds. The van der Waals surface area contributed by atoms with Crippen LogP contribution in [0.3, 0.4) is 0 Å². The Bertz CT molecular complexity index is 741. The van der Waals surface area contributed by atoms with E-state index in [0.717, 1.165) is 15.6 Å². The molecular weight excluding hydrogens is 441 g/mol. The Labute approximate surface area is 172 Å². The quantitative estimate of drug-likeness (QED) is 0.537. The second kappa shape index (κ2) is 10.4. The van der Waals surface area contributed by atoms with Gasteiger partial charge in [0.15, 0.2) is 11.5 Å². The first kappa shape index (κ1) is 21.3. The van der Waals surface area contributed by atoms with Gasteiger partial charge in [0.1, 0.15) is 6.61 Å². The minimum atomic E-state index is -0.396. The summed E-state index contributed by atoms with van der Waals surface area (Å²) in [6.45, 7) is 5.63. The smallest absolute Gasteiger partial charge is 0.162 e. The van der Waals surface area contributed by atoms with Crippen molar-refractivity contribution in [2.24, 2.45) is 0 Å². The van der Waals surface area contributed by atoms with Crippen LogP contribution in [0.25, 0.3) is 0 Å². The van der Waals surface area contributed by atoms with Gasteiger partial charge in [-0.05, 0) is 43.7 Å². The first-order valence-corrected chi connectivity index (χ1v) is 9.86. The Kier molecular flexibility index (Phi) is 8.51. The normalized spacial score (nSPS) is 12.1. The number of rotatable bonds is 9. The van der Waals surface area contributed by atoms with E-state index in [1.807, 2.05) is 25.1 Å². The molecule has 4 nitrogen and oxygen atoms in total. The summed E-state index contributed by atoms with van der Waals surface area (Å²) in [5.41, 5.74) is 1.86. The predicted octanol–water partition coefficient (Wildman–Crippen LogP) is 5.20. The molecule has 0 saturated heterocycles. The highest BCUT2D eigenvalue weighted by Gasteiger charge is 2.12. The maximum atomic E-state index is 9.36. The van der Waals surface area contributed by atoms with Crippen LogP contribution in [0.5, 0.6) is 11.5 Å². The van der Waals surface area contributed by atoms with E-state index in [-0.39, 0.29) is 0 Å². The standard InChI is InChI=1S/C19H22BrCl2NO3/c1-3-25-18-6-14(10-23-9-12(2)24)16(20)8-19(18)26-11-13-4-5-15(21)7-17(13)22/h4-8,12,23-24H,3,9-11H2,1-2H3. The van der Waals surface area contributed by atoms with Gasteiger partial charge in [-0.3, -0.25) is 0 Å². The van der Waals surface area contributed by atoms with Crippen molar-refractivity contribution in [3.63, 3.8) is 0 Å². The highest BCUT2D eigenvalue weighted by atomic mass is 79.9. The lowest BCUT2D eigenvalue weighted by molar-refractivity contribution is 0.191. The number of nitrogens with one attached hydrogen (secondary N) is 1. The van der Waals surface area contributed by atoms with Crippen LogP contribution < -0.4 is 14.8 Å². The number of aliphatic hydroxyl groups is 1. The van der Waals surface area contributed by atoms with Crippen LogP contribution in [0.2, 0.25) is 10.0 Å². The second-order valence-electron chi connectivity index (χ2n) is 5.83. The molecule has 0 aliphatic carbocycles. The van der Waals surface area contributed by atoms with E-state index in [9.17, 15) is 5.11 Å². The average molecular weight is 463 g/mol. The van der Waals surface area contributed by atoms with Gasteiger partial charge in [0.2, 0.25) is 0 Å². The highest BCUT2D eigenvalue weighted by molar-refractivity contribution is 9.10. The highest BCUT2D eigenvalue weighted by Crippen LogP contribution is 2.35. The minimum Gasteiger partial charge on any atom is -0.490 e. The van der Waals surface area contributed by atoms with E-state index < -0.39 is 6.10 Å². The van der Waals surface area contributed by atoms with Crippen molar-refractivity contribution in [2.75, 3.05) is 13.2 Å². The molecule has 0 bridgehead atoms. The fourth-order valence-corrected chi connectivity index (χ4v) is 3.23. The van der Waals surface area contributed by atoms with Crippen molar-refractivity contribution >= 4 is 39.1 Å². The van der Waals surface area contributed by atoms with E-state index >= 15 is 0 Å². The molecule has 142 valence electrons. The number of hydrogen-bond donors (Lipinski definition) is 2. The number of halogens is 3. The zero-order valence-electron chi connectivity index (χ0n) is 14.7. The van der Waals surface area contributed by atoms with Gasteiger partial charge in [-0.15, -0.1) is 0 Å². The monoisotopic (exact) mass is 461 g/mol. The van der Waals surface area contributed by atoms with Crippen LogP contribution in [0.1, 0.15) is 25.0 Å².